The molecule has 0 spiro atoms. The predicted molar refractivity (Wildman–Crippen MR) is 48.7 cm³/mol. The maximum atomic E-state index is 10.4. The zero-order chi connectivity index (χ0) is 9.26. The third-order valence-corrected chi connectivity index (χ3v) is 3.08. The molecule has 1 N–H and O–H groups in total. The number of hydrogen-bond acceptors (Lipinski definition) is 3. The largest absolute Gasteiger partial charge is 0.481 e. The van der Waals surface area contributed by atoms with Gasteiger partial charge >= 0.3 is 5.97 Å². The zero-order valence-electron chi connectivity index (χ0n) is 7.78. The van der Waals surface area contributed by atoms with Crippen molar-refractivity contribution in [2.45, 2.75) is 18.9 Å². The molecule has 0 aromatic rings. The minimum Gasteiger partial charge on any atom is -0.481 e. The van der Waals surface area contributed by atoms with Gasteiger partial charge in [-0.05, 0) is 6.42 Å². The minimum absolute atomic E-state index is 0.314. The molecule has 0 saturated carbocycles. The molecule has 3 heterocycles. The molecule has 4 heteroatoms. The van der Waals surface area contributed by atoms with Gasteiger partial charge in [-0.3, -0.25) is 14.6 Å². The van der Waals surface area contributed by atoms with Crippen molar-refractivity contribution in [1.29, 1.82) is 0 Å². The van der Waals surface area contributed by atoms with E-state index in [2.05, 4.69) is 9.80 Å². The van der Waals surface area contributed by atoms with E-state index in [1.54, 1.807) is 0 Å². The predicted octanol–water partition coefficient (Wildman–Crippen LogP) is -0.149. The molecule has 3 aliphatic heterocycles. The number of fused-ring (bicyclic) bond motifs is 3. The summed E-state index contributed by atoms with van der Waals surface area (Å²) >= 11 is 0. The first-order chi connectivity index (χ1) is 6.25. The van der Waals surface area contributed by atoms with Crippen molar-refractivity contribution in [1.82, 2.24) is 9.80 Å². The minimum atomic E-state index is -0.669. The van der Waals surface area contributed by atoms with Crippen LogP contribution in [0.3, 0.4) is 0 Å². The number of hydrogen-bond donors (Lipinski definition) is 1. The Kier molecular flexibility index (Phi) is 2.51. The van der Waals surface area contributed by atoms with E-state index >= 15 is 0 Å². The van der Waals surface area contributed by atoms with Crippen LogP contribution >= 0.6 is 0 Å². The van der Waals surface area contributed by atoms with E-state index in [9.17, 15) is 4.79 Å². The molecule has 3 aliphatic rings. The first-order valence-electron chi connectivity index (χ1n) is 4.94. The molecule has 2 bridgehead atoms. The van der Waals surface area contributed by atoms with Crippen LogP contribution in [0.1, 0.15) is 12.8 Å². The highest BCUT2D eigenvalue weighted by molar-refractivity contribution is 5.66. The van der Waals surface area contributed by atoms with Crippen LogP contribution in [0.15, 0.2) is 0 Å². The Balaban J connectivity index is 1.83. The van der Waals surface area contributed by atoms with E-state index in [4.69, 9.17) is 5.11 Å². The van der Waals surface area contributed by atoms with Crippen LogP contribution in [0.5, 0.6) is 0 Å². The summed E-state index contributed by atoms with van der Waals surface area (Å²) in [5.41, 5.74) is 0. The molecule has 1 atom stereocenters. The summed E-state index contributed by atoms with van der Waals surface area (Å²) in [7, 11) is 0. The lowest BCUT2D eigenvalue weighted by Crippen LogP contribution is -2.60. The number of piperazine rings is 3. The lowest BCUT2D eigenvalue weighted by atomic mass is 10.0. The lowest BCUT2D eigenvalue weighted by Gasteiger charge is -2.47. The van der Waals surface area contributed by atoms with Crippen molar-refractivity contribution in [3.8, 4) is 0 Å². The number of carboxylic acids is 1. The van der Waals surface area contributed by atoms with E-state index < -0.39 is 5.97 Å². The first-order valence-corrected chi connectivity index (χ1v) is 4.94. The fraction of sp³-hybridized carbons (Fsp3) is 0.889. The van der Waals surface area contributed by atoms with Crippen LogP contribution in [0.4, 0.5) is 0 Å². The highest BCUT2D eigenvalue weighted by Gasteiger charge is 2.31. The van der Waals surface area contributed by atoms with Crippen molar-refractivity contribution in [2.24, 2.45) is 0 Å². The average Bonchev–Trinajstić information content (AvgIpc) is 2.17. The summed E-state index contributed by atoms with van der Waals surface area (Å²) in [6.45, 7) is 5.68. The molecule has 74 valence electrons. The van der Waals surface area contributed by atoms with Crippen LogP contribution < -0.4 is 0 Å². The molecule has 0 aliphatic carbocycles. The van der Waals surface area contributed by atoms with Crippen molar-refractivity contribution >= 4 is 5.97 Å². The van der Waals surface area contributed by atoms with Gasteiger partial charge in [0.15, 0.2) is 0 Å². The average molecular weight is 184 g/mol. The molecule has 1 unspecified atom stereocenters. The Morgan fingerprint density at radius 3 is 2.46 bits per heavy atom. The van der Waals surface area contributed by atoms with Crippen molar-refractivity contribution in [3.05, 3.63) is 0 Å². The molecular formula is C9H16N2O2. The molecule has 0 aromatic heterocycles. The van der Waals surface area contributed by atoms with E-state index in [-0.39, 0.29) is 0 Å². The summed E-state index contributed by atoms with van der Waals surface area (Å²) in [5, 5.41) is 8.58. The standard InChI is InChI=1S/C9H16N2O2/c12-9(13)2-1-8-7-10-3-5-11(8)6-4-10/h8H,1-7H2,(H,12,13). The second kappa shape index (κ2) is 3.64. The van der Waals surface area contributed by atoms with Crippen LogP contribution in [0.25, 0.3) is 0 Å². The lowest BCUT2D eigenvalue weighted by molar-refractivity contribution is -0.137. The summed E-state index contributed by atoms with van der Waals surface area (Å²) in [6, 6.07) is 0.499. The Bertz CT molecular complexity index is 200. The second-order valence-electron chi connectivity index (χ2n) is 3.92. The van der Waals surface area contributed by atoms with Crippen LogP contribution in [0, 0.1) is 0 Å². The third-order valence-electron chi connectivity index (χ3n) is 3.08. The Morgan fingerprint density at radius 1 is 1.31 bits per heavy atom. The molecule has 0 radical (unpaired) electrons. The van der Waals surface area contributed by atoms with E-state index in [1.165, 1.54) is 13.1 Å². The molecule has 3 saturated heterocycles. The van der Waals surface area contributed by atoms with Gasteiger partial charge in [-0.15, -0.1) is 0 Å². The van der Waals surface area contributed by atoms with Gasteiger partial charge in [-0.25, -0.2) is 0 Å². The topological polar surface area (TPSA) is 43.8 Å². The molecule has 3 rings (SSSR count). The van der Waals surface area contributed by atoms with Gasteiger partial charge in [0, 0.05) is 45.2 Å². The zero-order valence-corrected chi connectivity index (χ0v) is 7.78. The van der Waals surface area contributed by atoms with E-state index in [0.29, 0.717) is 12.5 Å². The van der Waals surface area contributed by atoms with E-state index in [1.807, 2.05) is 0 Å². The number of aliphatic carboxylic acids is 1. The van der Waals surface area contributed by atoms with Gasteiger partial charge in [0.1, 0.15) is 0 Å². The third kappa shape index (κ3) is 2.00. The maximum absolute atomic E-state index is 10.4. The number of carbonyl (C=O) groups is 1. The fourth-order valence-electron chi connectivity index (χ4n) is 2.29. The monoisotopic (exact) mass is 184 g/mol. The van der Waals surface area contributed by atoms with Crippen LogP contribution in [-0.4, -0.2) is 59.6 Å². The second-order valence-corrected chi connectivity index (χ2v) is 3.92. The van der Waals surface area contributed by atoms with Crippen molar-refractivity contribution in [2.75, 3.05) is 32.7 Å². The Hall–Kier alpha value is -0.610. The fourth-order valence-corrected chi connectivity index (χ4v) is 2.29. The number of carboxylic acid groups (broad SMARTS) is 1. The quantitative estimate of drug-likeness (QED) is 0.662. The molecule has 0 aromatic carbocycles. The molecule has 4 nitrogen and oxygen atoms in total. The maximum Gasteiger partial charge on any atom is 0.303 e. The highest BCUT2D eigenvalue weighted by Crippen LogP contribution is 2.18. The molecule has 0 amide bonds. The SMILES string of the molecule is O=C(O)CCC1CN2CCN1CC2. The summed E-state index contributed by atoms with van der Waals surface area (Å²) < 4.78 is 0. The Labute approximate surface area is 78.1 Å². The number of rotatable bonds is 3. The highest BCUT2D eigenvalue weighted by atomic mass is 16.4. The summed E-state index contributed by atoms with van der Waals surface area (Å²) in [6.07, 6.45) is 1.13. The van der Waals surface area contributed by atoms with Crippen LogP contribution in [0.2, 0.25) is 0 Å². The van der Waals surface area contributed by atoms with Crippen molar-refractivity contribution in [3.63, 3.8) is 0 Å². The molecule has 3 fully saturated rings. The van der Waals surface area contributed by atoms with Gasteiger partial charge in [0.2, 0.25) is 0 Å². The summed E-state index contributed by atoms with van der Waals surface area (Å²) in [4.78, 5) is 15.3. The molecule has 13 heavy (non-hydrogen) atoms. The van der Waals surface area contributed by atoms with Gasteiger partial charge in [0.25, 0.3) is 0 Å². The normalized spacial score (nSPS) is 37.7. The first kappa shape index (κ1) is 8.97. The van der Waals surface area contributed by atoms with Crippen LogP contribution in [-0.2, 0) is 4.79 Å². The molecular weight excluding hydrogens is 168 g/mol. The van der Waals surface area contributed by atoms with Gasteiger partial charge in [-0.2, -0.15) is 0 Å². The van der Waals surface area contributed by atoms with Gasteiger partial charge < -0.3 is 5.11 Å². The smallest absolute Gasteiger partial charge is 0.303 e. The van der Waals surface area contributed by atoms with Gasteiger partial charge in [0.05, 0.1) is 0 Å². The number of nitrogens with zero attached hydrogens (tertiary/aromatic N) is 2. The van der Waals surface area contributed by atoms with Crippen molar-refractivity contribution < 1.29 is 9.90 Å². The Morgan fingerprint density at radius 2 is 2.00 bits per heavy atom. The van der Waals surface area contributed by atoms with E-state index in [0.717, 1.165) is 26.1 Å². The summed E-state index contributed by atoms with van der Waals surface area (Å²) in [5.74, 6) is -0.669. The van der Waals surface area contributed by atoms with Gasteiger partial charge in [-0.1, -0.05) is 0 Å².